The topological polar surface area (TPSA) is 102 Å². The highest BCUT2D eigenvalue weighted by molar-refractivity contribution is 7.91. The molecule has 0 fully saturated rings. The van der Waals surface area contributed by atoms with Gasteiger partial charge in [-0.15, -0.1) is 5.10 Å². The van der Waals surface area contributed by atoms with Crippen LogP contribution in [-0.2, 0) is 27.6 Å². The zero-order chi connectivity index (χ0) is 15.0. The third kappa shape index (κ3) is 6.65. The van der Waals surface area contributed by atoms with Gasteiger partial charge in [0.25, 0.3) is 0 Å². The van der Waals surface area contributed by atoms with Gasteiger partial charge in [0.05, 0.1) is 11.4 Å². The first kappa shape index (κ1) is 16.6. The van der Waals surface area contributed by atoms with Gasteiger partial charge >= 0.3 is 5.97 Å². The molecule has 1 aromatic heterocycles. The lowest BCUT2D eigenvalue weighted by molar-refractivity contribution is -0.137. The highest BCUT2D eigenvalue weighted by Gasteiger charge is 2.07. The molecule has 7 nitrogen and oxygen atoms in total. The number of unbranched alkanes of at least 4 members (excludes halogenated alkanes) is 1. The second-order valence-electron chi connectivity index (χ2n) is 4.66. The Morgan fingerprint density at radius 2 is 2.10 bits per heavy atom. The number of carbonyl (C=O) groups is 1. The summed E-state index contributed by atoms with van der Waals surface area (Å²) in [6, 6.07) is 0. The van der Waals surface area contributed by atoms with Crippen molar-refractivity contribution in [2.45, 2.75) is 45.6 Å². The summed E-state index contributed by atoms with van der Waals surface area (Å²) >= 11 is 0. The number of hydrogen-bond acceptors (Lipinski definition) is 5. The fourth-order valence-corrected chi connectivity index (χ4v) is 2.59. The summed E-state index contributed by atoms with van der Waals surface area (Å²) < 4.78 is 24.3. The average Bonchev–Trinajstić information content (AvgIpc) is 2.82. The summed E-state index contributed by atoms with van der Waals surface area (Å²) in [4.78, 5) is 10.4. The Labute approximate surface area is 118 Å². The minimum absolute atomic E-state index is 0.164. The van der Waals surface area contributed by atoms with Gasteiger partial charge in [-0.2, -0.15) is 0 Å². The third-order valence-electron chi connectivity index (χ3n) is 2.94. The second kappa shape index (κ2) is 7.98. The number of carboxylic acids is 1. The van der Waals surface area contributed by atoms with Crippen molar-refractivity contribution in [1.29, 1.82) is 0 Å². The molecular formula is C12H21N3O4S. The number of aliphatic carboxylic acids is 1. The monoisotopic (exact) mass is 303 g/mol. The fraction of sp³-hybridized carbons (Fsp3) is 0.750. The molecule has 0 bridgehead atoms. The predicted molar refractivity (Wildman–Crippen MR) is 74.2 cm³/mol. The number of rotatable bonds is 10. The molecule has 114 valence electrons. The Morgan fingerprint density at radius 1 is 1.35 bits per heavy atom. The molecule has 0 aliphatic heterocycles. The smallest absolute Gasteiger partial charge is 0.303 e. The summed E-state index contributed by atoms with van der Waals surface area (Å²) in [5.41, 5.74) is 0.814. The molecule has 0 aromatic carbocycles. The van der Waals surface area contributed by atoms with Crippen molar-refractivity contribution in [2.75, 3.05) is 11.5 Å². The van der Waals surface area contributed by atoms with Gasteiger partial charge in [-0.25, -0.2) is 8.42 Å². The van der Waals surface area contributed by atoms with E-state index < -0.39 is 15.8 Å². The zero-order valence-electron chi connectivity index (χ0n) is 11.7. The van der Waals surface area contributed by atoms with Crippen molar-refractivity contribution >= 4 is 15.8 Å². The highest BCUT2D eigenvalue weighted by atomic mass is 32.2. The van der Waals surface area contributed by atoms with E-state index in [1.807, 2.05) is 0 Å². The molecule has 0 amide bonds. The summed E-state index contributed by atoms with van der Waals surface area (Å²) in [5, 5.41) is 16.4. The first-order valence-corrected chi connectivity index (χ1v) is 8.56. The van der Waals surface area contributed by atoms with E-state index in [0.29, 0.717) is 25.8 Å². The number of nitrogens with zero attached hydrogens (tertiary/aromatic N) is 3. The van der Waals surface area contributed by atoms with Crippen molar-refractivity contribution in [3.63, 3.8) is 0 Å². The molecule has 20 heavy (non-hydrogen) atoms. The van der Waals surface area contributed by atoms with E-state index in [0.717, 1.165) is 12.1 Å². The van der Waals surface area contributed by atoms with Crippen LogP contribution >= 0.6 is 0 Å². The van der Waals surface area contributed by atoms with Crippen molar-refractivity contribution in [3.05, 3.63) is 11.9 Å². The standard InChI is InChI=1S/C12H21N3O4S/c1-2-20(18,19)9-5-8-15-10-11(13-14-15)6-3-4-7-12(16)17/h10H,2-9H2,1H3,(H,16,17). The van der Waals surface area contributed by atoms with Gasteiger partial charge < -0.3 is 5.11 Å². The van der Waals surface area contributed by atoms with E-state index in [9.17, 15) is 13.2 Å². The number of hydrogen-bond donors (Lipinski definition) is 1. The molecular weight excluding hydrogens is 282 g/mol. The van der Waals surface area contributed by atoms with Gasteiger partial charge in [-0.1, -0.05) is 12.1 Å². The van der Waals surface area contributed by atoms with Crippen LogP contribution in [-0.4, -0.2) is 46.0 Å². The van der Waals surface area contributed by atoms with Crippen LogP contribution in [0.4, 0.5) is 0 Å². The van der Waals surface area contributed by atoms with Gasteiger partial charge in [0.2, 0.25) is 0 Å². The molecule has 0 saturated carbocycles. The van der Waals surface area contributed by atoms with Crippen LogP contribution in [0.25, 0.3) is 0 Å². The van der Waals surface area contributed by atoms with E-state index in [2.05, 4.69) is 10.3 Å². The van der Waals surface area contributed by atoms with Crippen LogP contribution in [0.2, 0.25) is 0 Å². The molecule has 1 heterocycles. The zero-order valence-corrected chi connectivity index (χ0v) is 12.5. The maximum atomic E-state index is 11.3. The maximum absolute atomic E-state index is 11.3. The van der Waals surface area contributed by atoms with Crippen LogP contribution in [0, 0.1) is 0 Å². The van der Waals surface area contributed by atoms with Crippen LogP contribution in [0.5, 0.6) is 0 Å². The molecule has 0 unspecified atom stereocenters. The van der Waals surface area contributed by atoms with E-state index in [1.165, 1.54) is 0 Å². The lowest BCUT2D eigenvalue weighted by Crippen LogP contribution is -2.11. The highest BCUT2D eigenvalue weighted by Crippen LogP contribution is 2.04. The Hall–Kier alpha value is -1.44. The van der Waals surface area contributed by atoms with Gasteiger partial charge in [0, 0.05) is 24.9 Å². The van der Waals surface area contributed by atoms with Crippen LogP contribution < -0.4 is 0 Å². The number of sulfone groups is 1. The molecule has 0 radical (unpaired) electrons. The normalized spacial score (nSPS) is 11.7. The van der Waals surface area contributed by atoms with E-state index in [1.54, 1.807) is 17.8 Å². The lowest BCUT2D eigenvalue weighted by Gasteiger charge is -2.01. The Kier molecular flexibility index (Phi) is 6.63. The number of carboxylic acid groups (broad SMARTS) is 1. The second-order valence-corrected chi connectivity index (χ2v) is 7.14. The minimum Gasteiger partial charge on any atom is -0.481 e. The molecule has 0 saturated heterocycles. The fourth-order valence-electron chi connectivity index (χ4n) is 1.74. The van der Waals surface area contributed by atoms with Crippen LogP contribution in [0.1, 0.15) is 38.3 Å². The molecule has 1 N–H and O–H groups in total. The average molecular weight is 303 g/mol. The quantitative estimate of drug-likeness (QED) is 0.644. The summed E-state index contributed by atoms with van der Waals surface area (Å²) in [6.07, 6.45) is 4.56. The number of aromatic nitrogens is 3. The van der Waals surface area contributed by atoms with Gasteiger partial charge in [0.15, 0.2) is 0 Å². The van der Waals surface area contributed by atoms with Gasteiger partial charge in [0.1, 0.15) is 9.84 Å². The summed E-state index contributed by atoms with van der Waals surface area (Å²) in [7, 11) is -2.93. The van der Waals surface area contributed by atoms with Crippen LogP contribution in [0.3, 0.4) is 0 Å². The van der Waals surface area contributed by atoms with Crippen LogP contribution in [0.15, 0.2) is 6.20 Å². The minimum atomic E-state index is -2.93. The van der Waals surface area contributed by atoms with Crippen molar-refractivity contribution in [1.82, 2.24) is 15.0 Å². The molecule has 0 atom stereocenters. The maximum Gasteiger partial charge on any atom is 0.303 e. The predicted octanol–water partition coefficient (Wildman–Crippen LogP) is 0.900. The first-order valence-electron chi connectivity index (χ1n) is 6.74. The lowest BCUT2D eigenvalue weighted by atomic mass is 10.1. The Morgan fingerprint density at radius 3 is 2.75 bits per heavy atom. The Bertz CT molecular complexity index is 525. The molecule has 0 aliphatic rings. The Balaban J connectivity index is 2.27. The molecule has 8 heteroatoms. The summed E-state index contributed by atoms with van der Waals surface area (Å²) in [5.74, 6) is -0.456. The molecule has 1 aromatic rings. The SMILES string of the molecule is CCS(=O)(=O)CCCn1cc(CCCCC(=O)O)nn1. The van der Waals surface area contributed by atoms with Crippen molar-refractivity contribution < 1.29 is 18.3 Å². The number of aryl methyl sites for hydroxylation is 2. The molecule has 0 spiro atoms. The van der Waals surface area contributed by atoms with E-state index >= 15 is 0 Å². The summed E-state index contributed by atoms with van der Waals surface area (Å²) in [6.45, 7) is 2.17. The van der Waals surface area contributed by atoms with Gasteiger partial charge in [-0.3, -0.25) is 9.48 Å². The van der Waals surface area contributed by atoms with Gasteiger partial charge in [-0.05, 0) is 25.7 Å². The largest absolute Gasteiger partial charge is 0.481 e. The first-order chi connectivity index (χ1) is 9.43. The van der Waals surface area contributed by atoms with Crippen molar-refractivity contribution in [2.24, 2.45) is 0 Å². The van der Waals surface area contributed by atoms with E-state index in [4.69, 9.17) is 5.11 Å². The third-order valence-corrected chi connectivity index (χ3v) is 4.73. The molecule has 0 aliphatic carbocycles. The van der Waals surface area contributed by atoms with Crippen molar-refractivity contribution in [3.8, 4) is 0 Å². The molecule has 1 rings (SSSR count). The van der Waals surface area contributed by atoms with E-state index in [-0.39, 0.29) is 17.9 Å².